The van der Waals surface area contributed by atoms with E-state index in [2.05, 4.69) is 31.2 Å². The number of carbonyl (C=O) groups excluding carboxylic acids is 1. The summed E-state index contributed by atoms with van der Waals surface area (Å²) in [5.41, 5.74) is 0.255. The normalized spacial score (nSPS) is 10.2. The topological polar surface area (TPSA) is 54.9 Å². The number of rotatable bonds is 3. The summed E-state index contributed by atoms with van der Waals surface area (Å²) in [5.74, 6) is -0.265. The maximum Gasteiger partial charge on any atom is 0.271 e. The van der Waals surface area contributed by atoms with Crippen LogP contribution in [0.1, 0.15) is 15.4 Å². The van der Waals surface area contributed by atoms with Gasteiger partial charge in [0, 0.05) is 14.7 Å². The third-order valence-corrected chi connectivity index (χ3v) is 3.79. The van der Waals surface area contributed by atoms with Gasteiger partial charge in [-0.2, -0.15) is 0 Å². The Bertz CT molecular complexity index is 529. The second-order valence-corrected chi connectivity index (χ2v) is 5.44. The van der Waals surface area contributed by atoms with Crippen LogP contribution >= 0.6 is 38.9 Å². The third-order valence-electron chi connectivity index (χ3n) is 1.90. The van der Waals surface area contributed by atoms with E-state index in [4.69, 9.17) is 11.6 Å². The SMILES string of the molecule is O=C(NCc1cc(Br)cs1)c1cnc(Cl)cn1. The molecule has 0 aliphatic carbocycles. The van der Waals surface area contributed by atoms with Crippen molar-refractivity contribution in [1.82, 2.24) is 15.3 Å². The zero-order valence-corrected chi connectivity index (χ0v) is 11.6. The molecule has 2 rings (SSSR count). The van der Waals surface area contributed by atoms with Crippen molar-refractivity contribution in [3.8, 4) is 0 Å². The standard InChI is InChI=1S/C10H7BrClN3OS/c11-6-1-7(17-5-6)2-15-10(16)8-3-14-9(12)4-13-8/h1,3-5H,2H2,(H,15,16). The maximum atomic E-state index is 11.7. The van der Waals surface area contributed by atoms with Crippen LogP contribution < -0.4 is 5.32 Å². The molecule has 0 aliphatic heterocycles. The average molecular weight is 333 g/mol. The van der Waals surface area contributed by atoms with Gasteiger partial charge in [-0.05, 0) is 22.0 Å². The van der Waals surface area contributed by atoms with Gasteiger partial charge in [-0.3, -0.25) is 4.79 Å². The van der Waals surface area contributed by atoms with Crippen LogP contribution in [0.4, 0.5) is 0 Å². The van der Waals surface area contributed by atoms with Crippen molar-refractivity contribution in [3.05, 3.63) is 44.0 Å². The molecular weight excluding hydrogens is 326 g/mol. The zero-order valence-electron chi connectivity index (χ0n) is 8.48. The first-order valence-electron chi connectivity index (χ1n) is 4.64. The van der Waals surface area contributed by atoms with Crippen molar-refractivity contribution in [2.24, 2.45) is 0 Å². The molecule has 7 heteroatoms. The van der Waals surface area contributed by atoms with Gasteiger partial charge in [-0.15, -0.1) is 11.3 Å². The van der Waals surface area contributed by atoms with E-state index in [1.54, 1.807) is 11.3 Å². The Kier molecular flexibility index (Phi) is 4.09. The van der Waals surface area contributed by atoms with Gasteiger partial charge in [-0.1, -0.05) is 11.6 Å². The number of hydrogen-bond donors (Lipinski definition) is 1. The monoisotopic (exact) mass is 331 g/mol. The molecule has 0 aromatic carbocycles. The zero-order chi connectivity index (χ0) is 12.3. The van der Waals surface area contributed by atoms with Crippen LogP contribution in [0.3, 0.4) is 0 Å². The quantitative estimate of drug-likeness (QED) is 0.940. The summed E-state index contributed by atoms with van der Waals surface area (Å²) in [6, 6.07) is 1.96. The fraction of sp³-hybridized carbons (Fsp3) is 0.100. The number of carbonyl (C=O) groups is 1. The molecule has 0 unspecified atom stereocenters. The van der Waals surface area contributed by atoms with Crippen molar-refractivity contribution in [2.75, 3.05) is 0 Å². The number of nitrogens with zero attached hydrogens (tertiary/aromatic N) is 2. The van der Waals surface area contributed by atoms with Crippen LogP contribution in [0.2, 0.25) is 5.15 Å². The van der Waals surface area contributed by atoms with E-state index < -0.39 is 0 Å². The van der Waals surface area contributed by atoms with Crippen molar-refractivity contribution < 1.29 is 4.79 Å². The maximum absolute atomic E-state index is 11.7. The van der Waals surface area contributed by atoms with Crippen molar-refractivity contribution in [3.63, 3.8) is 0 Å². The first-order valence-corrected chi connectivity index (χ1v) is 6.69. The molecule has 0 spiro atoms. The number of nitrogens with one attached hydrogen (secondary N) is 1. The minimum absolute atomic E-state index is 0.255. The van der Waals surface area contributed by atoms with Gasteiger partial charge in [0.25, 0.3) is 5.91 Å². The Morgan fingerprint density at radius 2 is 2.29 bits per heavy atom. The van der Waals surface area contributed by atoms with E-state index in [9.17, 15) is 4.79 Å². The number of aromatic nitrogens is 2. The summed E-state index contributed by atoms with van der Waals surface area (Å²) in [5, 5.41) is 4.98. The van der Waals surface area contributed by atoms with Crippen molar-refractivity contribution in [1.29, 1.82) is 0 Å². The summed E-state index contributed by atoms with van der Waals surface area (Å²) in [6.07, 6.45) is 2.69. The largest absolute Gasteiger partial charge is 0.346 e. The van der Waals surface area contributed by atoms with Crippen LogP contribution in [0.25, 0.3) is 0 Å². The van der Waals surface area contributed by atoms with Gasteiger partial charge in [0.15, 0.2) is 0 Å². The van der Waals surface area contributed by atoms with Gasteiger partial charge in [-0.25, -0.2) is 9.97 Å². The second-order valence-electron chi connectivity index (χ2n) is 3.14. The molecule has 0 fully saturated rings. The molecule has 1 N–H and O–H groups in total. The number of amides is 1. The highest BCUT2D eigenvalue weighted by atomic mass is 79.9. The highest BCUT2D eigenvalue weighted by Crippen LogP contribution is 2.19. The molecule has 2 heterocycles. The second kappa shape index (κ2) is 5.57. The van der Waals surface area contributed by atoms with E-state index >= 15 is 0 Å². The number of thiophene rings is 1. The Labute approximate surface area is 115 Å². The molecule has 1 amide bonds. The fourth-order valence-electron chi connectivity index (χ4n) is 1.13. The summed E-state index contributed by atoms with van der Waals surface area (Å²) in [6.45, 7) is 0.472. The van der Waals surface area contributed by atoms with E-state index in [0.29, 0.717) is 6.54 Å². The van der Waals surface area contributed by atoms with Gasteiger partial charge in [0.05, 0.1) is 18.9 Å². The average Bonchev–Trinajstić information content (AvgIpc) is 2.73. The number of hydrogen-bond acceptors (Lipinski definition) is 4. The predicted molar refractivity (Wildman–Crippen MR) is 70.2 cm³/mol. The molecule has 0 bridgehead atoms. The van der Waals surface area contributed by atoms with E-state index in [1.165, 1.54) is 12.4 Å². The molecule has 17 heavy (non-hydrogen) atoms. The lowest BCUT2D eigenvalue weighted by Gasteiger charge is -2.02. The first-order chi connectivity index (χ1) is 8.15. The van der Waals surface area contributed by atoms with Crippen molar-refractivity contribution in [2.45, 2.75) is 6.54 Å². The Morgan fingerprint density at radius 1 is 1.47 bits per heavy atom. The highest BCUT2D eigenvalue weighted by molar-refractivity contribution is 9.10. The van der Waals surface area contributed by atoms with E-state index in [1.807, 2.05) is 11.4 Å². The molecule has 0 saturated carbocycles. The smallest absolute Gasteiger partial charge is 0.271 e. The molecule has 0 radical (unpaired) electrons. The Morgan fingerprint density at radius 3 is 2.88 bits per heavy atom. The highest BCUT2D eigenvalue weighted by Gasteiger charge is 2.07. The van der Waals surface area contributed by atoms with Crippen LogP contribution in [-0.4, -0.2) is 15.9 Å². The minimum atomic E-state index is -0.265. The minimum Gasteiger partial charge on any atom is -0.346 e. The van der Waals surface area contributed by atoms with E-state index in [-0.39, 0.29) is 16.8 Å². The third kappa shape index (κ3) is 3.49. The Balaban J connectivity index is 1.95. The predicted octanol–water partition coefficient (Wildman–Crippen LogP) is 2.88. The summed E-state index contributed by atoms with van der Waals surface area (Å²) in [7, 11) is 0. The molecule has 2 aromatic rings. The van der Waals surface area contributed by atoms with Crippen LogP contribution in [0, 0.1) is 0 Å². The van der Waals surface area contributed by atoms with Crippen molar-refractivity contribution >= 4 is 44.8 Å². The lowest BCUT2D eigenvalue weighted by Crippen LogP contribution is -2.23. The Hall–Kier alpha value is -0.980. The molecule has 0 atom stereocenters. The van der Waals surface area contributed by atoms with Crippen LogP contribution in [-0.2, 0) is 6.54 Å². The summed E-state index contributed by atoms with van der Waals surface area (Å²) < 4.78 is 1.01. The summed E-state index contributed by atoms with van der Waals surface area (Å²) in [4.78, 5) is 20.4. The molecule has 0 aliphatic rings. The van der Waals surface area contributed by atoms with Gasteiger partial charge in [0.2, 0.25) is 0 Å². The van der Waals surface area contributed by atoms with Crippen LogP contribution in [0.15, 0.2) is 28.3 Å². The molecule has 2 aromatic heterocycles. The van der Waals surface area contributed by atoms with Crippen LogP contribution in [0.5, 0.6) is 0 Å². The van der Waals surface area contributed by atoms with Gasteiger partial charge in [0.1, 0.15) is 10.8 Å². The van der Waals surface area contributed by atoms with Gasteiger partial charge >= 0.3 is 0 Å². The summed E-state index contributed by atoms with van der Waals surface area (Å²) >= 11 is 10.5. The number of halogens is 2. The lowest BCUT2D eigenvalue weighted by atomic mass is 10.4. The van der Waals surface area contributed by atoms with E-state index in [0.717, 1.165) is 9.35 Å². The lowest BCUT2D eigenvalue weighted by molar-refractivity contribution is 0.0946. The molecule has 4 nitrogen and oxygen atoms in total. The molecular formula is C10H7BrClN3OS. The fourth-order valence-corrected chi connectivity index (χ4v) is 2.62. The molecule has 0 saturated heterocycles. The first kappa shape index (κ1) is 12.5. The van der Waals surface area contributed by atoms with Gasteiger partial charge < -0.3 is 5.32 Å². The molecule has 88 valence electrons.